The minimum atomic E-state index is -0.988. The monoisotopic (exact) mass is 172 g/mol. The molecule has 0 aliphatic rings. The fourth-order valence-electron chi connectivity index (χ4n) is 1.08. The van der Waals surface area contributed by atoms with Gasteiger partial charge in [0.05, 0.1) is 0 Å². The zero-order valence-corrected chi connectivity index (χ0v) is 6.77. The Morgan fingerprint density at radius 3 is 2.58 bits per heavy atom. The predicted molar refractivity (Wildman–Crippen MR) is 42.0 cm³/mol. The molecule has 0 bridgehead atoms. The third-order valence-electron chi connectivity index (χ3n) is 1.61. The molecular weight excluding hydrogens is 162 g/mol. The highest BCUT2D eigenvalue weighted by Crippen LogP contribution is 2.20. The molecule has 0 aliphatic carbocycles. The summed E-state index contributed by atoms with van der Waals surface area (Å²) in [5.41, 5.74) is 0.231. The average Bonchev–Trinajstić information content (AvgIpc) is 2.00. The Morgan fingerprint density at radius 1 is 1.33 bits per heavy atom. The van der Waals surface area contributed by atoms with Crippen molar-refractivity contribution in [3.63, 3.8) is 0 Å². The van der Waals surface area contributed by atoms with E-state index in [0.717, 1.165) is 12.5 Å². The van der Waals surface area contributed by atoms with E-state index in [1.165, 1.54) is 6.07 Å². The van der Waals surface area contributed by atoms with E-state index in [4.69, 9.17) is 5.11 Å². The number of benzene rings is 1. The van der Waals surface area contributed by atoms with Crippen LogP contribution in [0.2, 0.25) is 0 Å². The Kier molecular flexibility index (Phi) is 2.63. The Balaban J connectivity index is 3.09. The summed E-state index contributed by atoms with van der Waals surface area (Å²) in [6.45, 7) is 1.86. The van der Waals surface area contributed by atoms with Crippen LogP contribution in [0.1, 0.15) is 18.9 Å². The molecule has 66 valence electrons. The quantitative estimate of drug-likeness (QED) is 0.727. The van der Waals surface area contributed by atoms with E-state index in [0.29, 0.717) is 6.42 Å². The third kappa shape index (κ3) is 1.72. The molecule has 0 radical (unpaired) electrons. The lowest BCUT2D eigenvalue weighted by atomic mass is 10.1. The Labute approximate surface area is 69.7 Å². The summed E-state index contributed by atoms with van der Waals surface area (Å²) in [4.78, 5) is 0. The molecule has 1 rings (SSSR count). The number of rotatable bonds is 2. The second-order valence-electron chi connectivity index (χ2n) is 2.65. The van der Waals surface area contributed by atoms with Gasteiger partial charge in [-0.3, -0.25) is 0 Å². The molecular formula is C9H10F2O. The van der Waals surface area contributed by atoms with Crippen molar-refractivity contribution < 1.29 is 13.9 Å². The van der Waals surface area contributed by atoms with Crippen molar-refractivity contribution in [3.05, 3.63) is 29.3 Å². The molecule has 0 fully saturated rings. The van der Waals surface area contributed by atoms with Gasteiger partial charge in [0.15, 0.2) is 11.6 Å². The fourth-order valence-corrected chi connectivity index (χ4v) is 1.08. The van der Waals surface area contributed by atoms with Crippen LogP contribution in [0.4, 0.5) is 8.78 Å². The van der Waals surface area contributed by atoms with Crippen LogP contribution >= 0.6 is 0 Å². The smallest absolute Gasteiger partial charge is 0.162 e. The van der Waals surface area contributed by atoms with Gasteiger partial charge in [-0.1, -0.05) is 13.3 Å². The lowest BCUT2D eigenvalue weighted by Crippen LogP contribution is -1.93. The molecule has 1 aromatic rings. The minimum Gasteiger partial charge on any atom is -0.508 e. The van der Waals surface area contributed by atoms with Crippen molar-refractivity contribution >= 4 is 0 Å². The topological polar surface area (TPSA) is 20.2 Å². The molecule has 0 unspecified atom stereocenters. The van der Waals surface area contributed by atoms with Crippen molar-refractivity contribution in [1.82, 2.24) is 0 Å². The first-order valence-corrected chi connectivity index (χ1v) is 3.82. The SMILES string of the molecule is CCCc1cc(O)cc(F)c1F. The largest absolute Gasteiger partial charge is 0.508 e. The average molecular weight is 172 g/mol. The number of halogens is 2. The highest BCUT2D eigenvalue weighted by molar-refractivity contribution is 5.29. The van der Waals surface area contributed by atoms with E-state index in [9.17, 15) is 8.78 Å². The van der Waals surface area contributed by atoms with Crippen LogP contribution in [-0.2, 0) is 6.42 Å². The number of aromatic hydroxyl groups is 1. The van der Waals surface area contributed by atoms with E-state index in [1.54, 1.807) is 0 Å². The van der Waals surface area contributed by atoms with E-state index < -0.39 is 11.6 Å². The summed E-state index contributed by atoms with van der Waals surface area (Å²) in [5.74, 6) is -2.06. The molecule has 0 saturated heterocycles. The van der Waals surface area contributed by atoms with Crippen LogP contribution in [0, 0.1) is 11.6 Å². The maximum Gasteiger partial charge on any atom is 0.162 e. The summed E-state index contributed by atoms with van der Waals surface area (Å²) in [6.07, 6.45) is 1.16. The van der Waals surface area contributed by atoms with Crippen LogP contribution < -0.4 is 0 Å². The van der Waals surface area contributed by atoms with Crippen LogP contribution in [-0.4, -0.2) is 5.11 Å². The van der Waals surface area contributed by atoms with Gasteiger partial charge < -0.3 is 5.11 Å². The van der Waals surface area contributed by atoms with Crippen molar-refractivity contribution in [3.8, 4) is 5.75 Å². The van der Waals surface area contributed by atoms with E-state index >= 15 is 0 Å². The summed E-state index contributed by atoms with van der Waals surface area (Å²) in [5, 5.41) is 8.94. The van der Waals surface area contributed by atoms with Crippen LogP contribution in [0.15, 0.2) is 12.1 Å². The second-order valence-corrected chi connectivity index (χ2v) is 2.65. The highest BCUT2D eigenvalue weighted by atomic mass is 19.2. The van der Waals surface area contributed by atoms with Crippen LogP contribution in [0.5, 0.6) is 5.75 Å². The van der Waals surface area contributed by atoms with Crippen LogP contribution in [0.25, 0.3) is 0 Å². The predicted octanol–water partition coefficient (Wildman–Crippen LogP) is 2.62. The molecule has 12 heavy (non-hydrogen) atoms. The van der Waals surface area contributed by atoms with Gasteiger partial charge in [-0.2, -0.15) is 0 Å². The lowest BCUT2D eigenvalue weighted by molar-refractivity contribution is 0.449. The minimum absolute atomic E-state index is 0.225. The molecule has 0 aromatic heterocycles. The van der Waals surface area contributed by atoms with Crippen molar-refractivity contribution in [2.24, 2.45) is 0 Å². The first-order chi connectivity index (χ1) is 5.65. The van der Waals surface area contributed by atoms with Crippen molar-refractivity contribution in [2.75, 3.05) is 0 Å². The molecule has 0 spiro atoms. The summed E-state index contributed by atoms with van der Waals surface area (Å²) in [6, 6.07) is 2.02. The molecule has 3 heteroatoms. The first kappa shape index (κ1) is 8.97. The molecule has 1 nitrogen and oxygen atoms in total. The normalized spacial score (nSPS) is 10.2. The zero-order valence-electron chi connectivity index (χ0n) is 6.77. The molecule has 1 N–H and O–H groups in total. The molecule has 0 aliphatic heterocycles. The lowest BCUT2D eigenvalue weighted by Gasteiger charge is -2.02. The van der Waals surface area contributed by atoms with Gasteiger partial charge in [0.1, 0.15) is 5.75 Å². The summed E-state index contributed by atoms with van der Waals surface area (Å²) < 4.78 is 25.5. The Bertz CT molecular complexity index is 284. The number of hydrogen-bond donors (Lipinski definition) is 1. The van der Waals surface area contributed by atoms with Gasteiger partial charge in [-0.25, -0.2) is 8.78 Å². The number of aryl methyl sites for hydroxylation is 1. The van der Waals surface area contributed by atoms with Crippen molar-refractivity contribution in [2.45, 2.75) is 19.8 Å². The third-order valence-corrected chi connectivity index (χ3v) is 1.61. The maximum atomic E-state index is 12.9. The van der Waals surface area contributed by atoms with Gasteiger partial charge in [0, 0.05) is 6.07 Å². The van der Waals surface area contributed by atoms with Gasteiger partial charge in [0.25, 0.3) is 0 Å². The maximum absolute atomic E-state index is 12.9. The Hall–Kier alpha value is -1.12. The molecule has 0 saturated carbocycles. The van der Waals surface area contributed by atoms with Gasteiger partial charge >= 0.3 is 0 Å². The standard InChI is InChI=1S/C9H10F2O/c1-2-3-6-4-7(12)5-8(10)9(6)11/h4-5,12H,2-3H2,1H3. The summed E-state index contributed by atoms with van der Waals surface area (Å²) in [7, 11) is 0. The zero-order chi connectivity index (χ0) is 9.14. The highest BCUT2D eigenvalue weighted by Gasteiger charge is 2.08. The number of phenolic OH excluding ortho intramolecular Hbond substituents is 1. The van der Waals surface area contributed by atoms with Gasteiger partial charge in [-0.15, -0.1) is 0 Å². The van der Waals surface area contributed by atoms with E-state index in [1.807, 2.05) is 6.92 Å². The van der Waals surface area contributed by atoms with Gasteiger partial charge in [-0.05, 0) is 18.1 Å². The second kappa shape index (κ2) is 3.52. The van der Waals surface area contributed by atoms with Gasteiger partial charge in [0.2, 0.25) is 0 Å². The van der Waals surface area contributed by atoms with E-state index in [2.05, 4.69) is 0 Å². The van der Waals surface area contributed by atoms with Crippen LogP contribution in [0.3, 0.4) is 0 Å². The number of phenols is 1. The fraction of sp³-hybridized carbons (Fsp3) is 0.333. The number of hydrogen-bond acceptors (Lipinski definition) is 1. The molecule has 0 amide bonds. The molecule has 1 aromatic carbocycles. The molecule has 0 heterocycles. The Morgan fingerprint density at radius 2 is 2.00 bits per heavy atom. The van der Waals surface area contributed by atoms with E-state index in [-0.39, 0.29) is 11.3 Å². The summed E-state index contributed by atoms with van der Waals surface area (Å²) >= 11 is 0. The first-order valence-electron chi connectivity index (χ1n) is 3.82. The molecule has 0 atom stereocenters. The van der Waals surface area contributed by atoms with Crippen molar-refractivity contribution in [1.29, 1.82) is 0 Å².